The number of nitrogens with one attached hydrogen (secondary N) is 1. The van der Waals surface area contributed by atoms with Crippen LogP contribution >= 0.6 is 36.2 Å². The van der Waals surface area contributed by atoms with E-state index in [4.69, 9.17) is 11.5 Å². The number of nitrogens with two attached hydrogens (primary N) is 2. The summed E-state index contributed by atoms with van der Waals surface area (Å²) in [6.07, 6.45) is 0. The first-order chi connectivity index (χ1) is 11.1. The average molecular weight is 396 g/mol. The molecule has 1 atom stereocenters. The summed E-state index contributed by atoms with van der Waals surface area (Å²) in [5.41, 5.74) is 18.2. The van der Waals surface area contributed by atoms with Crippen LogP contribution in [0.4, 0.5) is 11.4 Å². The fraction of sp³-hybridized carbons (Fsp3) is 0.158. The molecule has 0 fully saturated rings. The molecule has 134 valence electrons. The zero-order chi connectivity index (χ0) is 16.2. The zero-order valence-corrected chi connectivity index (χ0v) is 16.4. The second kappa shape index (κ2) is 9.68. The molecule has 0 amide bonds. The number of nitrogen functional groups attached to an aromatic ring is 2. The fourth-order valence-electron chi connectivity index (χ4n) is 2.63. The van der Waals surface area contributed by atoms with Gasteiger partial charge >= 0.3 is 0 Å². The van der Waals surface area contributed by atoms with Gasteiger partial charge in [0.05, 0.1) is 0 Å². The summed E-state index contributed by atoms with van der Waals surface area (Å²) in [7, 11) is 0. The van der Waals surface area contributed by atoms with E-state index < -0.39 is 0 Å². The van der Waals surface area contributed by atoms with Gasteiger partial charge in [0, 0.05) is 29.5 Å². The maximum Gasteiger partial charge on any atom is 0.0395 e. The Labute approximate surface area is 165 Å². The van der Waals surface area contributed by atoms with Gasteiger partial charge in [-0.25, -0.2) is 0 Å². The molecule has 0 aliphatic heterocycles. The van der Waals surface area contributed by atoms with Crippen LogP contribution in [0.2, 0.25) is 0 Å². The lowest BCUT2D eigenvalue weighted by atomic mass is 10.0. The maximum atomic E-state index is 6.13. The summed E-state index contributed by atoms with van der Waals surface area (Å²) in [6, 6.07) is 16.4. The molecule has 3 rings (SSSR count). The number of halogens is 2. The summed E-state index contributed by atoms with van der Waals surface area (Å²) < 4.78 is 0. The molecule has 3 aromatic rings. The number of benzene rings is 2. The molecule has 1 aromatic heterocycles. The molecule has 0 aliphatic carbocycles. The van der Waals surface area contributed by atoms with Crippen LogP contribution in [0.3, 0.4) is 0 Å². The van der Waals surface area contributed by atoms with Crippen molar-refractivity contribution in [2.45, 2.75) is 19.5 Å². The predicted molar refractivity (Wildman–Crippen MR) is 115 cm³/mol. The Morgan fingerprint density at radius 2 is 1.68 bits per heavy atom. The van der Waals surface area contributed by atoms with Crippen molar-refractivity contribution in [3.05, 3.63) is 70.4 Å². The molecule has 0 bridgehead atoms. The van der Waals surface area contributed by atoms with Crippen molar-refractivity contribution in [3.63, 3.8) is 0 Å². The van der Waals surface area contributed by atoms with Crippen molar-refractivity contribution in [3.8, 4) is 11.1 Å². The third kappa shape index (κ3) is 5.13. The lowest BCUT2D eigenvalue weighted by molar-refractivity contribution is 0.576. The fourth-order valence-corrected chi connectivity index (χ4v) is 3.48. The summed E-state index contributed by atoms with van der Waals surface area (Å²) in [5.74, 6) is 0. The molecule has 0 saturated carbocycles. The van der Waals surface area contributed by atoms with Gasteiger partial charge < -0.3 is 16.8 Å². The van der Waals surface area contributed by atoms with E-state index in [1.807, 2.05) is 24.3 Å². The van der Waals surface area contributed by atoms with Crippen LogP contribution in [0.1, 0.15) is 24.1 Å². The Kier molecular flexibility index (Phi) is 8.26. The number of hydrogen-bond acceptors (Lipinski definition) is 4. The minimum Gasteiger partial charge on any atom is -0.399 e. The molecule has 0 aliphatic rings. The van der Waals surface area contributed by atoms with E-state index in [0.29, 0.717) is 6.04 Å². The van der Waals surface area contributed by atoms with Crippen LogP contribution in [-0.2, 0) is 6.54 Å². The van der Waals surface area contributed by atoms with E-state index in [9.17, 15) is 0 Å². The van der Waals surface area contributed by atoms with E-state index >= 15 is 0 Å². The van der Waals surface area contributed by atoms with Gasteiger partial charge in [-0.15, -0.1) is 24.8 Å². The maximum absolute atomic E-state index is 6.13. The Morgan fingerprint density at radius 3 is 2.40 bits per heavy atom. The lowest BCUT2D eigenvalue weighted by Gasteiger charge is -2.15. The highest BCUT2D eigenvalue weighted by molar-refractivity contribution is 7.08. The second-order valence-corrected chi connectivity index (χ2v) is 6.41. The van der Waals surface area contributed by atoms with Crippen molar-refractivity contribution >= 4 is 47.5 Å². The predicted octanol–water partition coefficient (Wildman–Crippen LogP) is 5.27. The molecule has 0 spiro atoms. The van der Waals surface area contributed by atoms with Crippen LogP contribution in [-0.4, -0.2) is 0 Å². The van der Waals surface area contributed by atoms with Gasteiger partial charge in [-0.05, 0) is 52.6 Å². The summed E-state index contributed by atoms with van der Waals surface area (Å²) in [4.78, 5) is 0. The quantitative estimate of drug-likeness (QED) is 0.515. The van der Waals surface area contributed by atoms with Crippen LogP contribution in [0.5, 0.6) is 0 Å². The number of rotatable bonds is 5. The largest absolute Gasteiger partial charge is 0.399 e. The van der Waals surface area contributed by atoms with E-state index in [0.717, 1.165) is 29.0 Å². The Balaban J connectivity index is 0.00000156. The highest BCUT2D eigenvalue weighted by Gasteiger charge is 2.11. The average Bonchev–Trinajstić information content (AvgIpc) is 3.04. The summed E-state index contributed by atoms with van der Waals surface area (Å²) in [5, 5.41) is 7.88. The minimum absolute atomic E-state index is 0. The molecular weight excluding hydrogens is 373 g/mol. The van der Waals surface area contributed by atoms with Crippen LogP contribution in [0, 0.1) is 0 Å². The molecule has 0 radical (unpaired) electrons. The second-order valence-electron chi connectivity index (χ2n) is 5.67. The van der Waals surface area contributed by atoms with Gasteiger partial charge in [-0.3, -0.25) is 0 Å². The van der Waals surface area contributed by atoms with Crippen LogP contribution in [0.15, 0.2) is 59.3 Å². The lowest BCUT2D eigenvalue weighted by Crippen LogP contribution is -2.18. The van der Waals surface area contributed by atoms with Gasteiger partial charge in [0.1, 0.15) is 0 Å². The third-order valence-electron chi connectivity index (χ3n) is 4.01. The van der Waals surface area contributed by atoms with Crippen molar-refractivity contribution in [2.24, 2.45) is 0 Å². The molecule has 5 N–H and O–H groups in total. The molecule has 1 heterocycles. The van der Waals surface area contributed by atoms with Gasteiger partial charge in [-0.1, -0.05) is 30.3 Å². The van der Waals surface area contributed by atoms with E-state index in [2.05, 4.69) is 47.3 Å². The smallest absolute Gasteiger partial charge is 0.0395 e. The van der Waals surface area contributed by atoms with Crippen LogP contribution in [0.25, 0.3) is 11.1 Å². The normalized spacial score (nSPS) is 11.2. The van der Waals surface area contributed by atoms with Crippen molar-refractivity contribution in [1.29, 1.82) is 0 Å². The van der Waals surface area contributed by atoms with E-state index in [-0.39, 0.29) is 24.8 Å². The molecule has 2 aromatic carbocycles. The van der Waals surface area contributed by atoms with E-state index in [1.165, 1.54) is 11.1 Å². The molecule has 3 nitrogen and oxygen atoms in total. The minimum atomic E-state index is 0. The van der Waals surface area contributed by atoms with Crippen LogP contribution < -0.4 is 16.8 Å². The van der Waals surface area contributed by atoms with Gasteiger partial charge in [-0.2, -0.15) is 11.3 Å². The summed E-state index contributed by atoms with van der Waals surface area (Å²) in [6.45, 7) is 2.97. The SMILES string of the molecule is CC(NCc1cscc1-c1cc(N)ccc1N)c1ccccc1.Cl.Cl. The first-order valence-electron chi connectivity index (χ1n) is 7.64. The van der Waals surface area contributed by atoms with Gasteiger partial charge in [0.2, 0.25) is 0 Å². The van der Waals surface area contributed by atoms with Crippen molar-refractivity contribution in [1.82, 2.24) is 5.32 Å². The molecule has 1 unspecified atom stereocenters. The first kappa shape index (κ1) is 21.3. The number of hydrogen-bond donors (Lipinski definition) is 3. The number of anilines is 2. The highest BCUT2D eigenvalue weighted by atomic mass is 35.5. The van der Waals surface area contributed by atoms with Gasteiger partial charge in [0.25, 0.3) is 0 Å². The molecule has 25 heavy (non-hydrogen) atoms. The zero-order valence-electron chi connectivity index (χ0n) is 13.9. The highest BCUT2D eigenvalue weighted by Crippen LogP contribution is 2.33. The Morgan fingerprint density at radius 1 is 0.960 bits per heavy atom. The molecule has 0 saturated heterocycles. The van der Waals surface area contributed by atoms with E-state index in [1.54, 1.807) is 11.3 Å². The Hall–Kier alpha value is -1.72. The monoisotopic (exact) mass is 395 g/mol. The van der Waals surface area contributed by atoms with Crippen molar-refractivity contribution < 1.29 is 0 Å². The standard InChI is InChI=1S/C19H21N3S.2ClH/c1-13(14-5-3-2-4-6-14)22-10-15-11-23-12-18(15)17-9-16(20)7-8-19(17)21;;/h2-9,11-13,22H,10,20-21H2,1H3;2*1H. The number of thiophene rings is 1. The Bertz CT molecular complexity index is 790. The van der Waals surface area contributed by atoms with Crippen molar-refractivity contribution in [2.75, 3.05) is 11.5 Å². The topological polar surface area (TPSA) is 64.1 Å². The molecule has 6 heteroatoms. The first-order valence-corrected chi connectivity index (χ1v) is 8.58. The third-order valence-corrected chi connectivity index (χ3v) is 4.80. The molecular formula is C19H23Cl2N3S. The summed E-state index contributed by atoms with van der Waals surface area (Å²) >= 11 is 1.69. The van der Waals surface area contributed by atoms with Gasteiger partial charge in [0.15, 0.2) is 0 Å².